The predicted molar refractivity (Wildman–Crippen MR) is 78.2 cm³/mol. The number of nitrogens with zero attached hydrogens (tertiary/aromatic N) is 1. The van der Waals surface area contributed by atoms with E-state index in [2.05, 4.69) is 5.32 Å². The van der Waals surface area contributed by atoms with Gasteiger partial charge < -0.3 is 5.32 Å². The monoisotopic (exact) mass is 350 g/mol. The molecule has 0 spiro atoms. The number of benzene rings is 1. The molecule has 23 heavy (non-hydrogen) atoms. The molecule has 1 N–H and O–H groups in total. The van der Waals surface area contributed by atoms with Crippen LogP contribution in [0.3, 0.4) is 0 Å². The Balaban J connectivity index is 2.07. The van der Waals surface area contributed by atoms with Crippen LogP contribution in [0.5, 0.6) is 0 Å². The average molecular weight is 351 g/mol. The number of hydrogen-bond acceptors (Lipinski definition) is 3. The summed E-state index contributed by atoms with van der Waals surface area (Å²) >= 11 is 5.67. The maximum Gasteiger partial charge on any atom is 0.391 e. The number of nitro groups is 1. The van der Waals surface area contributed by atoms with E-state index in [-0.39, 0.29) is 29.2 Å². The van der Waals surface area contributed by atoms with Crippen molar-refractivity contribution in [2.75, 3.05) is 5.32 Å². The normalized spacial score (nSPS) is 21.7. The lowest BCUT2D eigenvalue weighted by Crippen LogP contribution is -2.34. The van der Waals surface area contributed by atoms with E-state index in [1.54, 1.807) is 0 Å². The number of amides is 1. The molecule has 0 saturated heterocycles. The van der Waals surface area contributed by atoms with Crippen molar-refractivity contribution in [2.45, 2.75) is 31.9 Å². The van der Waals surface area contributed by atoms with Crippen molar-refractivity contribution < 1.29 is 22.9 Å². The van der Waals surface area contributed by atoms with Crippen LogP contribution < -0.4 is 5.32 Å². The third-order valence-electron chi connectivity index (χ3n) is 3.92. The second-order valence-electron chi connectivity index (χ2n) is 5.51. The molecule has 0 bridgehead atoms. The quantitative estimate of drug-likeness (QED) is 0.641. The number of alkyl halides is 3. The minimum absolute atomic E-state index is 0.0275. The smallest absolute Gasteiger partial charge is 0.326 e. The van der Waals surface area contributed by atoms with Gasteiger partial charge in [-0.2, -0.15) is 13.2 Å². The maximum absolute atomic E-state index is 12.8. The molecule has 1 amide bonds. The molecule has 2 unspecified atom stereocenters. The van der Waals surface area contributed by atoms with Gasteiger partial charge in [0.25, 0.3) is 5.69 Å². The van der Waals surface area contributed by atoms with Gasteiger partial charge in [-0.1, -0.05) is 18.0 Å². The minimum Gasteiger partial charge on any atom is -0.326 e. The van der Waals surface area contributed by atoms with E-state index in [1.807, 2.05) is 0 Å². The van der Waals surface area contributed by atoms with Crippen LogP contribution in [0, 0.1) is 22.0 Å². The molecule has 2 rings (SSSR count). The molecular weight excluding hydrogens is 337 g/mol. The highest BCUT2D eigenvalue weighted by Gasteiger charge is 2.43. The second kappa shape index (κ2) is 6.74. The number of rotatable bonds is 3. The van der Waals surface area contributed by atoms with E-state index in [4.69, 9.17) is 11.6 Å². The lowest BCUT2D eigenvalue weighted by Gasteiger charge is -2.29. The fourth-order valence-electron chi connectivity index (χ4n) is 2.70. The lowest BCUT2D eigenvalue weighted by molar-refractivity contribution is -0.384. The molecule has 1 aromatic carbocycles. The largest absolute Gasteiger partial charge is 0.391 e. The maximum atomic E-state index is 12.8. The van der Waals surface area contributed by atoms with Crippen LogP contribution in [0.2, 0.25) is 5.02 Å². The zero-order valence-electron chi connectivity index (χ0n) is 11.9. The molecule has 5 nitrogen and oxygen atoms in total. The van der Waals surface area contributed by atoms with E-state index in [0.717, 1.165) is 6.07 Å². The van der Waals surface area contributed by atoms with Gasteiger partial charge in [-0.25, -0.2) is 0 Å². The summed E-state index contributed by atoms with van der Waals surface area (Å²) in [5.74, 6) is -2.80. The second-order valence-corrected chi connectivity index (χ2v) is 5.92. The predicted octanol–water partition coefficient (Wildman–Crippen LogP) is 4.56. The van der Waals surface area contributed by atoms with Gasteiger partial charge in [0, 0.05) is 17.7 Å². The molecular formula is C14H14ClF3N2O3. The molecule has 9 heteroatoms. The van der Waals surface area contributed by atoms with Crippen LogP contribution in [0.15, 0.2) is 18.2 Å². The third kappa shape index (κ3) is 4.34. The summed E-state index contributed by atoms with van der Waals surface area (Å²) in [5, 5.41) is 13.2. The molecule has 0 aromatic heterocycles. The third-order valence-corrected chi connectivity index (χ3v) is 4.24. The first-order valence-electron chi connectivity index (χ1n) is 7.00. The zero-order valence-corrected chi connectivity index (χ0v) is 12.7. The summed E-state index contributed by atoms with van der Waals surface area (Å²) in [5.41, 5.74) is -0.235. The molecule has 2 atom stereocenters. The first-order chi connectivity index (χ1) is 10.7. The van der Waals surface area contributed by atoms with Gasteiger partial charge in [-0.15, -0.1) is 0 Å². The van der Waals surface area contributed by atoms with Crippen LogP contribution in [-0.4, -0.2) is 17.0 Å². The number of nitro benzene ring substituents is 1. The summed E-state index contributed by atoms with van der Waals surface area (Å²) in [6.45, 7) is 0. The van der Waals surface area contributed by atoms with Crippen molar-refractivity contribution in [3.05, 3.63) is 33.3 Å². The zero-order chi connectivity index (χ0) is 17.2. The van der Waals surface area contributed by atoms with Crippen LogP contribution in [0.25, 0.3) is 0 Å². The van der Waals surface area contributed by atoms with E-state index < -0.39 is 28.8 Å². The highest BCUT2D eigenvalue weighted by atomic mass is 35.5. The molecule has 0 heterocycles. The molecule has 1 saturated carbocycles. The van der Waals surface area contributed by atoms with E-state index in [1.165, 1.54) is 12.1 Å². The summed E-state index contributed by atoms with van der Waals surface area (Å²) in [7, 11) is 0. The standard InChI is InChI=1S/C14H14ClF3N2O3/c15-11-5-4-10(7-12(11)20(22)23)19-13(21)8-2-1-3-9(6-8)14(16,17)18/h4-5,7-9H,1-3,6H2,(H,19,21). The topological polar surface area (TPSA) is 72.2 Å². The number of nitrogens with one attached hydrogen (secondary N) is 1. The fraction of sp³-hybridized carbons (Fsp3) is 0.500. The molecule has 1 fully saturated rings. The average Bonchev–Trinajstić information content (AvgIpc) is 2.48. The van der Waals surface area contributed by atoms with Gasteiger partial charge in [-0.3, -0.25) is 14.9 Å². The Kier molecular flexibility index (Phi) is 5.13. The van der Waals surface area contributed by atoms with Crippen molar-refractivity contribution >= 4 is 28.9 Å². The van der Waals surface area contributed by atoms with Crippen LogP contribution in [0.1, 0.15) is 25.7 Å². The molecule has 0 aliphatic heterocycles. The molecule has 1 aromatic rings. The Hall–Kier alpha value is -1.83. The van der Waals surface area contributed by atoms with Gasteiger partial charge in [0.1, 0.15) is 5.02 Å². The van der Waals surface area contributed by atoms with Crippen LogP contribution in [0.4, 0.5) is 24.5 Å². The van der Waals surface area contributed by atoms with Crippen molar-refractivity contribution in [3.63, 3.8) is 0 Å². The van der Waals surface area contributed by atoms with Crippen LogP contribution in [-0.2, 0) is 4.79 Å². The number of carbonyl (C=O) groups is 1. The highest BCUT2D eigenvalue weighted by molar-refractivity contribution is 6.32. The fourth-order valence-corrected chi connectivity index (χ4v) is 2.89. The Labute approximate surface area is 135 Å². The van der Waals surface area contributed by atoms with Crippen molar-refractivity contribution in [3.8, 4) is 0 Å². The van der Waals surface area contributed by atoms with Gasteiger partial charge in [-0.05, 0) is 31.4 Å². The molecule has 1 aliphatic carbocycles. The Morgan fingerprint density at radius 1 is 1.35 bits per heavy atom. The molecule has 1 aliphatic rings. The first-order valence-corrected chi connectivity index (χ1v) is 7.38. The first kappa shape index (κ1) is 17.5. The van der Waals surface area contributed by atoms with Gasteiger partial charge in [0.15, 0.2) is 0 Å². The lowest BCUT2D eigenvalue weighted by atomic mass is 9.80. The van der Waals surface area contributed by atoms with Crippen LogP contribution >= 0.6 is 11.6 Å². The number of anilines is 1. The Bertz CT molecular complexity index is 622. The van der Waals surface area contributed by atoms with Gasteiger partial charge in [0.05, 0.1) is 10.8 Å². The Morgan fingerprint density at radius 3 is 2.65 bits per heavy atom. The van der Waals surface area contributed by atoms with Crippen molar-refractivity contribution in [1.29, 1.82) is 0 Å². The summed E-state index contributed by atoms with van der Waals surface area (Å²) in [4.78, 5) is 22.2. The van der Waals surface area contributed by atoms with E-state index >= 15 is 0 Å². The van der Waals surface area contributed by atoms with Gasteiger partial charge >= 0.3 is 6.18 Å². The summed E-state index contributed by atoms with van der Waals surface area (Å²) < 4.78 is 38.3. The van der Waals surface area contributed by atoms with E-state index in [0.29, 0.717) is 12.8 Å². The summed E-state index contributed by atoms with van der Waals surface area (Å²) in [6.07, 6.45) is -3.85. The molecule has 126 valence electrons. The highest BCUT2D eigenvalue weighted by Crippen LogP contribution is 2.40. The summed E-state index contributed by atoms with van der Waals surface area (Å²) in [6, 6.07) is 3.72. The number of hydrogen-bond donors (Lipinski definition) is 1. The SMILES string of the molecule is O=C(Nc1ccc(Cl)c([N+](=O)[O-])c1)C1CCCC(C(F)(F)F)C1. The minimum atomic E-state index is -4.31. The number of halogens is 4. The molecule has 0 radical (unpaired) electrons. The Morgan fingerprint density at radius 2 is 2.04 bits per heavy atom. The van der Waals surface area contributed by atoms with Crippen molar-refractivity contribution in [1.82, 2.24) is 0 Å². The van der Waals surface area contributed by atoms with Crippen molar-refractivity contribution in [2.24, 2.45) is 11.8 Å². The number of carbonyl (C=O) groups excluding carboxylic acids is 1. The van der Waals surface area contributed by atoms with E-state index in [9.17, 15) is 28.1 Å². The van der Waals surface area contributed by atoms with Gasteiger partial charge in [0.2, 0.25) is 5.91 Å².